The van der Waals surface area contributed by atoms with E-state index in [4.69, 9.17) is 10.3 Å². The molecule has 0 bridgehead atoms. The molecular weight excluding hydrogens is 250 g/mol. The minimum Gasteiger partial charge on any atom is -0.367 e. The fourth-order valence-electron chi connectivity index (χ4n) is 3.09. The van der Waals surface area contributed by atoms with Crippen LogP contribution < -0.4 is 5.73 Å². The SMILES string of the molecule is Nc1onc(C2CCCCCCC2)c1-c1ccccn1. The summed E-state index contributed by atoms with van der Waals surface area (Å²) in [4.78, 5) is 4.40. The maximum absolute atomic E-state index is 5.98. The predicted molar refractivity (Wildman–Crippen MR) is 79.2 cm³/mol. The number of anilines is 1. The highest BCUT2D eigenvalue weighted by Gasteiger charge is 2.24. The monoisotopic (exact) mass is 271 g/mol. The second kappa shape index (κ2) is 6.07. The van der Waals surface area contributed by atoms with Crippen LogP contribution in [0.25, 0.3) is 11.3 Å². The van der Waals surface area contributed by atoms with E-state index in [1.165, 1.54) is 44.9 Å². The van der Waals surface area contributed by atoms with Crippen LogP contribution in [-0.4, -0.2) is 10.1 Å². The molecule has 4 heteroatoms. The van der Waals surface area contributed by atoms with Gasteiger partial charge < -0.3 is 10.3 Å². The Balaban J connectivity index is 1.93. The third-order valence-electron chi connectivity index (χ3n) is 4.16. The molecule has 106 valence electrons. The minimum atomic E-state index is 0.390. The van der Waals surface area contributed by atoms with Gasteiger partial charge in [-0.15, -0.1) is 0 Å². The van der Waals surface area contributed by atoms with Crippen molar-refractivity contribution >= 4 is 5.88 Å². The van der Waals surface area contributed by atoms with Gasteiger partial charge >= 0.3 is 0 Å². The van der Waals surface area contributed by atoms with Gasteiger partial charge in [0.15, 0.2) is 0 Å². The molecule has 0 spiro atoms. The molecule has 3 rings (SSSR count). The lowest BCUT2D eigenvalue weighted by Crippen LogP contribution is -2.05. The van der Waals surface area contributed by atoms with Crippen LogP contribution in [0.2, 0.25) is 0 Å². The molecule has 0 aliphatic heterocycles. The van der Waals surface area contributed by atoms with Crippen LogP contribution in [0.15, 0.2) is 28.9 Å². The molecule has 2 heterocycles. The van der Waals surface area contributed by atoms with E-state index in [2.05, 4.69) is 10.1 Å². The first-order valence-corrected chi connectivity index (χ1v) is 7.52. The van der Waals surface area contributed by atoms with E-state index in [9.17, 15) is 0 Å². The summed E-state index contributed by atoms with van der Waals surface area (Å²) in [6.45, 7) is 0. The second-order valence-electron chi connectivity index (χ2n) is 5.56. The van der Waals surface area contributed by atoms with Crippen molar-refractivity contribution in [2.45, 2.75) is 50.9 Å². The molecule has 0 saturated heterocycles. The number of nitrogen functional groups attached to an aromatic ring is 1. The number of pyridine rings is 1. The van der Waals surface area contributed by atoms with Crippen molar-refractivity contribution in [3.05, 3.63) is 30.1 Å². The summed E-state index contributed by atoms with van der Waals surface area (Å²) < 4.78 is 5.26. The molecule has 4 nitrogen and oxygen atoms in total. The highest BCUT2D eigenvalue weighted by Crippen LogP contribution is 2.38. The van der Waals surface area contributed by atoms with E-state index in [0.29, 0.717) is 11.8 Å². The Kier molecular flexibility index (Phi) is 4.00. The van der Waals surface area contributed by atoms with Crippen molar-refractivity contribution in [3.8, 4) is 11.3 Å². The summed E-state index contributed by atoms with van der Waals surface area (Å²) in [6, 6.07) is 5.84. The van der Waals surface area contributed by atoms with Crippen molar-refractivity contribution in [2.24, 2.45) is 0 Å². The summed E-state index contributed by atoms with van der Waals surface area (Å²) in [5.74, 6) is 0.842. The Morgan fingerprint density at radius 3 is 2.50 bits per heavy atom. The molecule has 2 N–H and O–H groups in total. The summed E-state index contributed by atoms with van der Waals surface area (Å²) in [7, 11) is 0. The molecule has 0 radical (unpaired) electrons. The standard InChI is InChI=1S/C16H21N3O/c17-16-14(13-10-6-7-11-18-13)15(19-20-16)12-8-4-2-1-3-5-9-12/h6-7,10-12H,1-5,8-9,17H2. The lowest BCUT2D eigenvalue weighted by Gasteiger charge is -2.18. The van der Waals surface area contributed by atoms with Gasteiger partial charge in [-0.1, -0.05) is 43.3 Å². The molecule has 2 aromatic rings. The lowest BCUT2D eigenvalue weighted by molar-refractivity contribution is 0.395. The number of aromatic nitrogens is 2. The molecular formula is C16H21N3O. The fourth-order valence-corrected chi connectivity index (χ4v) is 3.09. The number of hydrogen-bond donors (Lipinski definition) is 1. The Morgan fingerprint density at radius 2 is 1.80 bits per heavy atom. The van der Waals surface area contributed by atoms with Crippen molar-refractivity contribution in [1.82, 2.24) is 10.1 Å². The summed E-state index contributed by atoms with van der Waals surface area (Å²) in [5, 5.41) is 4.25. The molecule has 2 aromatic heterocycles. The molecule has 1 aliphatic rings. The zero-order valence-electron chi connectivity index (χ0n) is 11.7. The van der Waals surface area contributed by atoms with E-state index in [0.717, 1.165) is 17.0 Å². The molecule has 1 saturated carbocycles. The first-order chi connectivity index (χ1) is 9.86. The van der Waals surface area contributed by atoms with Gasteiger partial charge in [-0.3, -0.25) is 4.98 Å². The van der Waals surface area contributed by atoms with Crippen LogP contribution in [0.1, 0.15) is 56.6 Å². The number of rotatable bonds is 2. The fraction of sp³-hybridized carbons (Fsp3) is 0.500. The van der Waals surface area contributed by atoms with Crippen molar-refractivity contribution in [3.63, 3.8) is 0 Å². The molecule has 0 atom stereocenters. The molecule has 0 amide bonds. The smallest absolute Gasteiger partial charge is 0.231 e. The van der Waals surface area contributed by atoms with Crippen molar-refractivity contribution in [2.75, 3.05) is 5.73 Å². The van der Waals surface area contributed by atoms with Gasteiger partial charge in [0.25, 0.3) is 0 Å². The number of nitrogens with zero attached hydrogens (tertiary/aromatic N) is 2. The van der Waals surface area contributed by atoms with Crippen LogP contribution >= 0.6 is 0 Å². The largest absolute Gasteiger partial charge is 0.367 e. The van der Waals surface area contributed by atoms with Gasteiger partial charge in [0.05, 0.1) is 17.0 Å². The number of hydrogen-bond acceptors (Lipinski definition) is 4. The summed E-state index contributed by atoms with van der Waals surface area (Å²) in [5.41, 5.74) is 8.75. The third kappa shape index (κ3) is 2.69. The second-order valence-corrected chi connectivity index (χ2v) is 5.56. The molecule has 1 aliphatic carbocycles. The normalized spacial score (nSPS) is 17.6. The maximum atomic E-state index is 5.98. The molecule has 0 aromatic carbocycles. The molecule has 0 unspecified atom stereocenters. The number of nitrogens with two attached hydrogens (primary N) is 1. The first kappa shape index (κ1) is 13.2. The Morgan fingerprint density at radius 1 is 1.05 bits per heavy atom. The van der Waals surface area contributed by atoms with Crippen LogP contribution in [-0.2, 0) is 0 Å². The topological polar surface area (TPSA) is 64.9 Å². The van der Waals surface area contributed by atoms with Gasteiger partial charge in [-0.25, -0.2) is 0 Å². The van der Waals surface area contributed by atoms with Gasteiger partial charge in [0, 0.05) is 12.1 Å². The van der Waals surface area contributed by atoms with Gasteiger partial charge in [0.2, 0.25) is 5.88 Å². The van der Waals surface area contributed by atoms with E-state index in [1.807, 2.05) is 18.2 Å². The van der Waals surface area contributed by atoms with Crippen LogP contribution in [0.5, 0.6) is 0 Å². The zero-order chi connectivity index (χ0) is 13.8. The van der Waals surface area contributed by atoms with Gasteiger partial charge in [-0.05, 0) is 25.0 Å². The van der Waals surface area contributed by atoms with E-state index >= 15 is 0 Å². The Labute approximate surface area is 119 Å². The summed E-state index contributed by atoms with van der Waals surface area (Å²) >= 11 is 0. The van der Waals surface area contributed by atoms with Crippen LogP contribution in [0, 0.1) is 0 Å². The highest BCUT2D eigenvalue weighted by atomic mass is 16.5. The summed E-state index contributed by atoms with van der Waals surface area (Å²) in [6.07, 6.45) is 10.7. The third-order valence-corrected chi connectivity index (χ3v) is 4.16. The molecule has 20 heavy (non-hydrogen) atoms. The van der Waals surface area contributed by atoms with E-state index in [1.54, 1.807) is 6.20 Å². The van der Waals surface area contributed by atoms with E-state index < -0.39 is 0 Å². The Bertz CT molecular complexity index is 542. The van der Waals surface area contributed by atoms with Crippen molar-refractivity contribution < 1.29 is 4.52 Å². The molecule has 1 fully saturated rings. The highest BCUT2D eigenvalue weighted by molar-refractivity contribution is 5.72. The van der Waals surface area contributed by atoms with E-state index in [-0.39, 0.29) is 0 Å². The maximum Gasteiger partial charge on any atom is 0.231 e. The minimum absolute atomic E-state index is 0.390. The first-order valence-electron chi connectivity index (χ1n) is 7.52. The zero-order valence-corrected chi connectivity index (χ0v) is 11.7. The quantitative estimate of drug-likeness (QED) is 0.891. The van der Waals surface area contributed by atoms with Crippen molar-refractivity contribution in [1.29, 1.82) is 0 Å². The van der Waals surface area contributed by atoms with Gasteiger partial charge in [-0.2, -0.15) is 0 Å². The lowest BCUT2D eigenvalue weighted by atomic mass is 9.87. The average Bonchev–Trinajstić information content (AvgIpc) is 2.81. The van der Waals surface area contributed by atoms with Gasteiger partial charge in [0.1, 0.15) is 0 Å². The predicted octanol–water partition coefficient (Wildman–Crippen LogP) is 4.15. The Hall–Kier alpha value is -1.84. The van der Waals surface area contributed by atoms with Crippen LogP contribution in [0.3, 0.4) is 0 Å². The van der Waals surface area contributed by atoms with Crippen LogP contribution in [0.4, 0.5) is 5.88 Å². The average molecular weight is 271 g/mol.